The first-order chi connectivity index (χ1) is 11.4. The molecule has 2 N–H and O–H groups in total. The Kier molecular flexibility index (Phi) is 5.51. The first kappa shape index (κ1) is 17.5. The molecule has 0 bridgehead atoms. The van der Waals surface area contributed by atoms with Crippen molar-refractivity contribution >= 4 is 29.2 Å². The molecule has 1 atom stereocenters. The predicted octanol–water partition coefficient (Wildman–Crippen LogP) is 1.03. The molecule has 1 aromatic rings. The number of aliphatic carboxylic acids is 2. The number of amides is 1. The maximum absolute atomic E-state index is 12.5. The lowest BCUT2D eigenvalue weighted by atomic mass is 10.1. The summed E-state index contributed by atoms with van der Waals surface area (Å²) in [6.07, 6.45) is 0.528. The highest BCUT2D eigenvalue weighted by molar-refractivity contribution is 6.40. The molecule has 1 aromatic carbocycles. The summed E-state index contributed by atoms with van der Waals surface area (Å²) in [6.45, 7) is 1.66. The van der Waals surface area contributed by atoms with Gasteiger partial charge in [0.15, 0.2) is 6.04 Å². The maximum atomic E-state index is 12.5. The van der Waals surface area contributed by atoms with Gasteiger partial charge in [0.1, 0.15) is 12.3 Å². The second kappa shape index (κ2) is 7.58. The fourth-order valence-electron chi connectivity index (χ4n) is 2.52. The highest BCUT2D eigenvalue weighted by atomic mass is 16.4. The predicted molar refractivity (Wildman–Crippen MR) is 86.9 cm³/mol. The van der Waals surface area contributed by atoms with Gasteiger partial charge in [0.25, 0.3) is 5.91 Å². The number of nitrogens with zero attached hydrogens (tertiary/aromatic N) is 3. The van der Waals surface area contributed by atoms with E-state index in [0.717, 1.165) is 0 Å². The van der Waals surface area contributed by atoms with Crippen LogP contribution in [0.1, 0.15) is 19.8 Å². The van der Waals surface area contributed by atoms with Crippen LogP contribution in [0.15, 0.2) is 35.4 Å². The largest absolute Gasteiger partial charge is 0.480 e. The van der Waals surface area contributed by atoms with Gasteiger partial charge in [0.2, 0.25) is 0 Å². The van der Waals surface area contributed by atoms with E-state index in [0.29, 0.717) is 12.1 Å². The Morgan fingerprint density at radius 1 is 1.25 bits per heavy atom. The van der Waals surface area contributed by atoms with Crippen LogP contribution in [-0.4, -0.2) is 57.8 Å². The molecule has 128 valence electrons. The Morgan fingerprint density at radius 2 is 1.92 bits per heavy atom. The molecule has 0 saturated heterocycles. The minimum Gasteiger partial charge on any atom is -0.480 e. The second-order valence-corrected chi connectivity index (χ2v) is 5.41. The fourth-order valence-corrected chi connectivity index (χ4v) is 2.52. The normalized spacial score (nSPS) is 16.6. The van der Waals surface area contributed by atoms with Gasteiger partial charge >= 0.3 is 11.9 Å². The minimum atomic E-state index is -1.12. The molecule has 0 spiro atoms. The molecule has 0 fully saturated rings. The van der Waals surface area contributed by atoms with E-state index in [-0.39, 0.29) is 18.7 Å². The number of carbonyl (C=O) groups excluding carboxylic acids is 1. The Bertz CT molecular complexity index is 659. The van der Waals surface area contributed by atoms with Crippen molar-refractivity contribution in [1.82, 2.24) is 4.90 Å². The van der Waals surface area contributed by atoms with E-state index in [9.17, 15) is 19.5 Å². The van der Waals surface area contributed by atoms with Gasteiger partial charge in [-0.25, -0.2) is 4.79 Å². The zero-order valence-corrected chi connectivity index (χ0v) is 13.3. The molecule has 8 nitrogen and oxygen atoms in total. The van der Waals surface area contributed by atoms with Crippen LogP contribution in [0.25, 0.3) is 0 Å². The van der Waals surface area contributed by atoms with Gasteiger partial charge in [0.05, 0.1) is 5.69 Å². The van der Waals surface area contributed by atoms with Crippen LogP contribution in [-0.2, 0) is 14.4 Å². The molecule has 0 saturated carbocycles. The molecule has 1 aliphatic rings. The Hall–Kier alpha value is -2.90. The quantitative estimate of drug-likeness (QED) is 0.771. The highest BCUT2D eigenvalue weighted by Crippen LogP contribution is 2.25. The summed E-state index contributed by atoms with van der Waals surface area (Å²) in [6, 6.07) is 7.71. The van der Waals surface area contributed by atoms with Crippen LogP contribution in [0.2, 0.25) is 0 Å². The molecule has 1 heterocycles. The van der Waals surface area contributed by atoms with Crippen molar-refractivity contribution < 1.29 is 24.6 Å². The third-order valence-electron chi connectivity index (χ3n) is 3.57. The number of benzene rings is 1. The van der Waals surface area contributed by atoms with Crippen molar-refractivity contribution in [3.63, 3.8) is 0 Å². The average Bonchev–Trinajstić information content (AvgIpc) is 3.00. The highest BCUT2D eigenvalue weighted by Gasteiger charge is 2.37. The van der Waals surface area contributed by atoms with E-state index in [1.165, 1.54) is 9.91 Å². The van der Waals surface area contributed by atoms with Crippen LogP contribution in [0.5, 0.6) is 0 Å². The van der Waals surface area contributed by atoms with E-state index < -0.39 is 30.4 Å². The molecular formula is C16H19N3O5. The standard InChI is InChI=1S/C16H19N3O5/c1-2-8-18(10-14(20)21)15(22)12-9-13(16(23)24)19(17-12)11-6-4-3-5-7-11/h3-7,13H,2,8-10H2,1H3,(H,20,21)(H,23,24). The van der Waals surface area contributed by atoms with Gasteiger partial charge < -0.3 is 15.1 Å². The average molecular weight is 333 g/mol. The third kappa shape index (κ3) is 3.89. The number of rotatable bonds is 7. The lowest BCUT2D eigenvalue weighted by Crippen LogP contribution is -2.40. The van der Waals surface area contributed by atoms with Crippen molar-refractivity contribution in [2.24, 2.45) is 5.10 Å². The number of anilines is 1. The molecule has 2 rings (SSSR count). The fraction of sp³-hybridized carbons (Fsp3) is 0.375. The van der Waals surface area contributed by atoms with Gasteiger partial charge in [-0.1, -0.05) is 25.1 Å². The number of carboxylic acids is 2. The summed E-state index contributed by atoms with van der Waals surface area (Å²) >= 11 is 0. The van der Waals surface area contributed by atoms with Gasteiger partial charge in [-0.3, -0.25) is 14.6 Å². The first-order valence-corrected chi connectivity index (χ1v) is 7.59. The van der Waals surface area contributed by atoms with Crippen molar-refractivity contribution in [3.05, 3.63) is 30.3 Å². The molecule has 1 aliphatic heterocycles. The summed E-state index contributed by atoms with van der Waals surface area (Å²) < 4.78 is 0. The summed E-state index contributed by atoms with van der Waals surface area (Å²) in [4.78, 5) is 36.1. The van der Waals surface area contributed by atoms with Gasteiger partial charge in [0, 0.05) is 13.0 Å². The Labute approximate surface area is 139 Å². The number of para-hydroxylation sites is 1. The molecule has 0 aliphatic carbocycles. The Balaban J connectivity index is 2.27. The molecule has 1 unspecified atom stereocenters. The molecular weight excluding hydrogens is 314 g/mol. The van der Waals surface area contributed by atoms with Crippen LogP contribution >= 0.6 is 0 Å². The van der Waals surface area contributed by atoms with Crippen molar-refractivity contribution in [1.29, 1.82) is 0 Å². The Morgan fingerprint density at radius 3 is 2.46 bits per heavy atom. The number of hydrazone groups is 1. The zero-order valence-electron chi connectivity index (χ0n) is 13.3. The first-order valence-electron chi connectivity index (χ1n) is 7.59. The van der Waals surface area contributed by atoms with Crippen LogP contribution < -0.4 is 5.01 Å². The van der Waals surface area contributed by atoms with Crippen molar-refractivity contribution in [3.8, 4) is 0 Å². The number of hydrogen-bond donors (Lipinski definition) is 2. The van der Waals surface area contributed by atoms with E-state index in [2.05, 4.69) is 5.10 Å². The van der Waals surface area contributed by atoms with Crippen molar-refractivity contribution in [2.45, 2.75) is 25.8 Å². The minimum absolute atomic E-state index is 0.0564. The summed E-state index contributed by atoms with van der Waals surface area (Å²) in [5, 5.41) is 23.8. The number of carbonyl (C=O) groups is 3. The molecule has 8 heteroatoms. The van der Waals surface area contributed by atoms with Gasteiger partial charge in [-0.05, 0) is 18.6 Å². The van der Waals surface area contributed by atoms with Gasteiger partial charge in [-0.2, -0.15) is 5.10 Å². The lowest BCUT2D eigenvalue weighted by Gasteiger charge is -2.19. The molecule has 0 aromatic heterocycles. The van der Waals surface area contributed by atoms with E-state index >= 15 is 0 Å². The molecule has 24 heavy (non-hydrogen) atoms. The summed E-state index contributed by atoms with van der Waals surface area (Å²) in [5.41, 5.74) is 0.619. The maximum Gasteiger partial charge on any atom is 0.328 e. The number of carboxylic acid groups (broad SMARTS) is 2. The van der Waals surface area contributed by atoms with E-state index in [4.69, 9.17) is 5.11 Å². The second-order valence-electron chi connectivity index (χ2n) is 5.41. The van der Waals surface area contributed by atoms with Gasteiger partial charge in [-0.15, -0.1) is 0 Å². The monoisotopic (exact) mass is 333 g/mol. The van der Waals surface area contributed by atoms with Crippen LogP contribution in [0.3, 0.4) is 0 Å². The lowest BCUT2D eigenvalue weighted by molar-refractivity contribution is -0.142. The summed E-state index contributed by atoms with van der Waals surface area (Å²) in [7, 11) is 0. The van der Waals surface area contributed by atoms with Crippen molar-refractivity contribution in [2.75, 3.05) is 18.1 Å². The third-order valence-corrected chi connectivity index (χ3v) is 3.57. The van der Waals surface area contributed by atoms with Crippen LogP contribution in [0.4, 0.5) is 5.69 Å². The SMILES string of the molecule is CCCN(CC(=O)O)C(=O)C1=NN(c2ccccc2)C(C(=O)O)C1. The smallest absolute Gasteiger partial charge is 0.328 e. The zero-order chi connectivity index (χ0) is 17.7. The number of hydrogen-bond acceptors (Lipinski definition) is 5. The van der Waals surface area contributed by atoms with Crippen LogP contribution in [0, 0.1) is 0 Å². The summed E-state index contributed by atoms with van der Waals surface area (Å²) in [5.74, 6) is -2.75. The van der Waals surface area contributed by atoms with E-state index in [1.54, 1.807) is 30.3 Å². The molecule has 0 radical (unpaired) electrons. The van der Waals surface area contributed by atoms with E-state index in [1.807, 2.05) is 6.92 Å². The molecule has 1 amide bonds. The topological polar surface area (TPSA) is 111 Å².